The normalized spacial score (nSPS) is 18.7. The SMILES string of the molecule is CC1CC(=O)Nc2ccc(CCN3CCN(c4nsc5ccccc45)CC3)cc21.Cl.O. The van der Waals surface area contributed by atoms with Crippen LogP contribution in [0.5, 0.6) is 0 Å². The topological polar surface area (TPSA) is 80.0 Å². The van der Waals surface area contributed by atoms with Crippen molar-refractivity contribution in [3.05, 3.63) is 53.6 Å². The largest absolute Gasteiger partial charge is 0.412 e. The second kappa shape index (κ2) is 9.96. The summed E-state index contributed by atoms with van der Waals surface area (Å²) in [6.07, 6.45) is 1.64. The molecule has 2 aliphatic rings. The van der Waals surface area contributed by atoms with E-state index in [1.807, 2.05) is 0 Å². The third kappa shape index (κ3) is 4.85. The van der Waals surface area contributed by atoms with E-state index in [9.17, 15) is 4.79 Å². The van der Waals surface area contributed by atoms with Gasteiger partial charge in [0, 0.05) is 50.2 Å². The molecule has 1 unspecified atom stereocenters. The van der Waals surface area contributed by atoms with E-state index in [1.165, 1.54) is 21.2 Å². The molecule has 0 bridgehead atoms. The number of halogens is 1. The summed E-state index contributed by atoms with van der Waals surface area (Å²) in [5, 5.41) is 4.27. The summed E-state index contributed by atoms with van der Waals surface area (Å²) in [4.78, 5) is 16.7. The number of nitrogens with one attached hydrogen (secondary N) is 1. The number of aromatic nitrogens is 1. The van der Waals surface area contributed by atoms with E-state index in [0.717, 1.165) is 50.6 Å². The molecule has 8 heteroatoms. The molecule has 31 heavy (non-hydrogen) atoms. The predicted molar refractivity (Wildman–Crippen MR) is 131 cm³/mol. The number of hydrogen-bond acceptors (Lipinski definition) is 5. The summed E-state index contributed by atoms with van der Waals surface area (Å²) >= 11 is 1.60. The van der Waals surface area contributed by atoms with Gasteiger partial charge in [-0.15, -0.1) is 12.4 Å². The molecule has 0 radical (unpaired) electrons. The summed E-state index contributed by atoms with van der Waals surface area (Å²) in [5.41, 5.74) is 3.63. The van der Waals surface area contributed by atoms with E-state index in [1.54, 1.807) is 11.5 Å². The minimum atomic E-state index is 0. The Kier molecular flexibility index (Phi) is 7.54. The van der Waals surface area contributed by atoms with Gasteiger partial charge in [0.2, 0.25) is 5.91 Å². The summed E-state index contributed by atoms with van der Waals surface area (Å²) in [7, 11) is 0. The summed E-state index contributed by atoms with van der Waals surface area (Å²) in [5.74, 6) is 1.58. The predicted octanol–water partition coefficient (Wildman–Crippen LogP) is 3.70. The van der Waals surface area contributed by atoms with Gasteiger partial charge in [0.25, 0.3) is 0 Å². The van der Waals surface area contributed by atoms with Gasteiger partial charge in [0.05, 0.1) is 4.70 Å². The molecule has 1 saturated heterocycles. The van der Waals surface area contributed by atoms with Gasteiger partial charge in [-0.05, 0) is 53.2 Å². The third-order valence-corrected chi connectivity index (χ3v) is 6.98. The molecule has 166 valence electrons. The van der Waals surface area contributed by atoms with Crippen LogP contribution < -0.4 is 10.2 Å². The van der Waals surface area contributed by atoms with Crippen molar-refractivity contribution in [2.24, 2.45) is 0 Å². The molecule has 0 spiro atoms. The molecular formula is C23H29ClN4O2S. The standard InChI is InChI=1S/C23H26N4OS.ClH.H2O/c1-16-14-22(28)24-20-7-6-17(15-19(16)20)8-9-26-10-12-27(13-11-26)23-18-4-2-3-5-21(18)29-25-23;;/h2-7,15-16H,8-14H2,1H3,(H,24,28);1H;1H2. The molecule has 0 aliphatic carbocycles. The fraction of sp³-hybridized carbons (Fsp3) is 0.391. The van der Waals surface area contributed by atoms with Crippen molar-refractivity contribution in [3.63, 3.8) is 0 Å². The zero-order valence-electron chi connectivity index (χ0n) is 17.6. The van der Waals surface area contributed by atoms with Crippen molar-refractivity contribution in [1.29, 1.82) is 0 Å². The fourth-order valence-electron chi connectivity index (χ4n) is 4.45. The van der Waals surface area contributed by atoms with Crippen LogP contribution in [0.3, 0.4) is 0 Å². The molecule has 1 amide bonds. The fourth-order valence-corrected chi connectivity index (χ4v) is 5.25. The monoisotopic (exact) mass is 460 g/mol. The highest BCUT2D eigenvalue weighted by atomic mass is 35.5. The highest BCUT2D eigenvalue weighted by Crippen LogP contribution is 2.33. The molecule has 3 N–H and O–H groups in total. The van der Waals surface area contributed by atoms with E-state index < -0.39 is 0 Å². The first-order valence-electron chi connectivity index (χ1n) is 10.4. The zero-order chi connectivity index (χ0) is 19.8. The number of piperazine rings is 1. The molecule has 2 aliphatic heterocycles. The first kappa shape index (κ1) is 23.5. The molecule has 1 fully saturated rings. The molecular weight excluding hydrogens is 432 g/mol. The van der Waals surface area contributed by atoms with Gasteiger partial charge in [-0.3, -0.25) is 9.69 Å². The summed E-state index contributed by atoms with van der Waals surface area (Å²) < 4.78 is 5.98. The van der Waals surface area contributed by atoms with Gasteiger partial charge in [-0.1, -0.05) is 31.2 Å². The van der Waals surface area contributed by atoms with Crippen LogP contribution in [-0.4, -0.2) is 53.4 Å². The number of carbonyl (C=O) groups is 1. The minimum Gasteiger partial charge on any atom is -0.412 e. The molecule has 6 nitrogen and oxygen atoms in total. The number of amides is 1. The Bertz CT molecular complexity index is 1050. The lowest BCUT2D eigenvalue weighted by Crippen LogP contribution is -2.47. The molecule has 1 aromatic heterocycles. The van der Waals surface area contributed by atoms with Crippen molar-refractivity contribution < 1.29 is 10.3 Å². The Morgan fingerprint density at radius 1 is 1.13 bits per heavy atom. The Labute approximate surface area is 193 Å². The maximum atomic E-state index is 11.7. The van der Waals surface area contributed by atoms with Crippen molar-refractivity contribution in [2.45, 2.75) is 25.7 Å². The van der Waals surface area contributed by atoms with Crippen LogP contribution in [0.2, 0.25) is 0 Å². The second-order valence-corrected chi connectivity index (χ2v) is 8.96. The van der Waals surface area contributed by atoms with Crippen LogP contribution in [0.15, 0.2) is 42.5 Å². The van der Waals surface area contributed by atoms with Crippen molar-refractivity contribution >= 4 is 51.4 Å². The molecule has 3 heterocycles. The van der Waals surface area contributed by atoms with E-state index in [-0.39, 0.29) is 23.8 Å². The van der Waals surface area contributed by atoms with E-state index in [4.69, 9.17) is 4.37 Å². The third-order valence-electron chi connectivity index (χ3n) is 6.16. The van der Waals surface area contributed by atoms with Crippen LogP contribution in [0.4, 0.5) is 11.5 Å². The summed E-state index contributed by atoms with van der Waals surface area (Å²) in [6, 6.07) is 15.0. The van der Waals surface area contributed by atoms with E-state index >= 15 is 0 Å². The van der Waals surface area contributed by atoms with Gasteiger partial charge in [0.1, 0.15) is 5.82 Å². The lowest BCUT2D eigenvalue weighted by molar-refractivity contribution is -0.116. The lowest BCUT2D eigenvalue weighted by atomic mass is 9.90. The van der Waals surface area contributed by atoms with Crippen LogP contribution in [0.25, 0.3) is 10.1 Å². The van der Waals surface area contributed by atoms with Crippen molar-refractivity contribution in [3.8, 4) is 0 Å². The van der Waals surface area contributed by atoms with Crippen molar-refractivity contribution in [2.75, 3.05) is 42.9 Å². The number of nitrogens with zero attached hydrogens (tertiary/aromatic N) is 3. The second-order valence-electron chi connectivity index (χ2n) is 8.16. The van der Waals surface area contributed by atoms with Crippen LogP contribution in [-0.2, 0) is 11.2 Å². The van der Waals surface area contributed by atoms with Gasteiger partial charge in [-0.2, -0.15) is 4.37 Å². The highest BCUT2D eigenvalue weighted by Gasteiger charge is 2.23. The van der Waals surface area contributed by atoms with E-state index in [2.05, 4.69) is 64.5 Å². The van der Waals surface area contributed by atoms with Gasteiger partial charge >= 0.3 is 0 Å². The summed E-state index contributed by atoms with van der Waals surface area (Å²) in [6.45, 7) is 7.42. The maximum absolute atomic E-state index is 11.7. The Hall–Kier alpha value is -2.19. The van der Waals surface area contributed by atoms with Crippen LogP contribution >= 0.6 is 23.9 Å². The van der Waals surface area contributed by atoms with Crippen molar-refractivity contribution in [1.82, 2.24) is 9.27 Å². The number of carbonyl (C=O) groups excluding carboxylic acids is 1. The Morgan fingerprint density at radius 2 is 1.90 bits per heavy atom. The molecule has 1 atom stereocenters. The quantitative estimate of drug-likeness (QED) is 0.643. The Morgan fingerprint density at radius 3 is 2.71 bits per heavy atom. The van der Waals surface area contributed by atoms with Gasteiger partial charge in [0.15, 0.2) is 0 Å². The number of benzene rings is 2. The number of hydrogen-bond donors (Lipinski definition) is 1. The first-order chi connectivity index (χ1) is 14.2. The van der Waals surface area contributed by atoms with Crippen LogP contribution in [0, 0.1) is 0 Å². The van der Waals surface area contributed by atoms with Crippen LogP contribution in [0.1, 0.15) is 30.4 Å². The van der Waals surface area contributed by atoms with Gasteiger partial charge < -0.3 is 15.7 Å². The number of rotatable bonds is 4. The molecule has 3 aromatic rings. The number of anilines is 2. The molecule has 5 rings (SSSR count). The highest BCUT2D eigenvalue weighted by molar-refractivity contribution is 7.13. The maximum Gasteiger partial charge on any atom is 0.224 e. The first-order valence-corrected chi connectivity index (χ1v) is 11.2. The smallest absolute Gasteiger partial charge is 0.224 e. The lowest BCUT2D eigenvalue weighted by Gasteiger charge is -2.35. The molecule has 2 aromatic carbocycles. The average Bonchev–Trinajstić information content (AvgIpc) is 3.17. The number of fused-ring (bicyclic) bond motifs is 2. The minimum absolute atomic E-state index is 0. The van der Waals surface area contributed by atoms with Gasteiger partial charge in [-0.25, -0.2) is 0 Å². The zero-order valence-corrected chi connectivity index (χ0v) is 19.3. The Balaban J connectivity index is 0.00000136. The van der Waals surface area contributed by atoms with E-state index in [0.29, 0.717) is 12.3 Å². The molecule has 0 saturated carbocycles. The average molecular weight is 461 g/mol.